The van der Waals surface area contributed by atoms with E-state index in [9.17, 15) is 4.39 Å². The van der Waals surface area contributed by atoms with E-state index in [1.54, 1.807) is 6.07 Å². The Morgan fingerprint density at radius 1 is 1.30 bits per heavy atom. The standard InChI is InChI=1S/C15H20ClFN2.ClH/c16-12-2-1-3-13(17)15(12)14(10-11-4-5-11)19-8-6-18-7-9-19;/h1-3,11,14,18H,4-10H2;1H/t14-;/m0./s1. The summed E-state index contributed by atoms with van der Waals surface area (Å²) in [5, 5.41) is 3.92. The van der Waals surface area contributed by atoms with Crippen molar-refractivity contribution in [3.05, 3.63) is 34.6 Å². The highest BCUT2D eigenvalue weighted by molar-refractivity contribution is 6.31. The van der Waals surface area contributed by atoms with E-state index in [2.05, 4.69) is 10.2 Å². The van der Waals surface area contributed by atoms with E-state index in [1.165, 1.54) is 18.9 Å². The molecule has 5 heteroatoms. The highest BCUT2D eigenvalue weighted by Gasteiger charge is 2.32. The molecule has 0 radical (unpaired) electrons. The molecular formula is C15H21Cl2FN2. The average molecular weight is 319 g/mol. The Morgan fingerprint density at radius 2 is 2.00 bits per heavy atom. The summed E-state index contributed by atoms with van der Waals surface area (Å²) >= 11 is 6.27. The van der Waals surface area contributed by atoms with Crippen LogP contribution in [0.1, 0.15) is 30.9 Å². The highest BCUT2D eigenvalue weighted by atomic mass is 35.5. The van der Waals surface area contributed by atoms with Gasteiger partial charge >= 0.3 is 0 Å². The predicted molar refractivity (Wildman–Crippen MR) is 83.2 cm³/mol. The molecule has 0 aromatic heterocycles. The second kappa shape index (κ2) is 7.08. The summed E-state index contributed by atoms with van der Waals surface area (Å²) in [6.45, 7) is 3.91. The first-order valence-electron chi connectivity index (χ1n) is 7.14. The van der Waals surface area contributed by atoms with Gasteiger partial charge in [-0.25, -0.2) is 4.39 Å². The third kappa shape index (κ3) is 3.64. The van der Waals surface area contributed by atoms with Crippen LogP contribution in [0.5, 0.6) is 0 Å². The molecule has 1 saturated carbocycles. The van der Waals surface area contributed by atoms with E-state index >= 15 is 0 Å². The molecule has 3 rings (SSSR count). The fraction of sp³-hybridized carbons (Fsp3) is 0.600. The minimum absolute atomic E-state index is 0. The van der Waals surface area contributed by atoms with Crippen LogP contribution < -0.4 is 5.32 Å². The SMILES string of the molecule is Cl.Fc1cccc(Cl)c1[C@H](CC1CC1)N1CCNCC1. The molecule has 1 N–H and O–H groups in total. The van der Waals surface area contributed by atoms with Crippen molar-refractivity contribution in [2.75, 3.05) is 26.2 Å². The lowest BCUT2D eigenvalue weighted by Gasteiger charge is -2.36. The van der Waals surface area contributed by atoms with E-state index in [-0.39, 0.29) is 24.3 Å². The molecule has 1 aliphatic heterocycles. The van der Waals surface area contributed by atoms with Crippen molar-refractivity contribution in [3.8, 4) is 0 Å². The van der Waals surface area contributed by atoms with Gasteiger partial charge in [0.15, 0.2) is 0 Å². The fourth-order valence-corrected chi connectivity index (χ4v) is 3.23. The third-order valence-electron chi connectivity index (χ3n) is 4.18. The Bertz CT molecular complexity index is 425. The summed E-state index contributed by atoms with van der Waals surface area (Å²) in [6, 6.07) is 5.17. The zero-order valence-electron chi connectivity index (χ0n) is 11.4. The van der Waals surface area contributed by atoms with Crippen LogP contribution in [-0.2, 0) is 0 Å². The minimum Gasteiger partial charge on any atom is -0.314 e. The molecule has 0 spiro atoms. The molecular weight excluding hydrogens is 298 g/mol. The summed E-state index contributed by atoms with van der Waals surface area (Å²) in [5.41, 5.74) is 0.706. The maximum absolute atomic E-state index is 14.2. The summed E-state index contributed by atoms with van der Waals surface area (Å²) in [4.78, 5) is 2.39. The van der Waals surface area contributed by atoms with Crippen LogP contribution in [0.4, 0.5) is 4.39 Å². The maximum Gasteiger partial charge on any atom is 0.129 e. The number of nitrogens with zero attached hydrogens (tertiary/aromatic N) is 1. The zero-order chi connectivity index (χ0) is 13.2. The van der Waals surface area contributed by atoms with E-state index in [0.29, 0.717) is 10.6 Å². The van der Waals surface area contributed by atoms with Crippen molar-refractivity contribution in [3.63, 3.8) is 0 Å². The number of halogens is 3. The quantitative estimate of drug-likeness (QED) is 0.911. The van der Waals surface area contributed by atoms with Crippen molar-refractivity contribution >= 4 is 24.0 Å². The Hall–Kier alpha value is -0.350. The molecule has 112 valence electrons. The van der Waals surface area contributed by atoms with Gasteiger partial charge in [0.25, 0.3) is 0 Å². The van der Waals surface area contributed by atoms with E-state index in [0.717, 1.165) is 38.5 Å². The van der Waals surface area contributed by atoms with Gasteiger partial charge in [-0.15, -0.1) is 12.4 Å². The second-order valence-electron chi connectivity index (χ2n) is 5.62. The number of nitrogens with one attached hydrogen (secondary N) is 1. The monoisotopic (exact) mass is 318 g/mol. The molecule has 1 aromatic rings. The van der Waals surface area contributed by atoms with Crippen LogP contribution in [0.25, 0.3) is 0 Å². The van der Waals surface area contributed by atoms with Crippen molar-refractivity contribution in [1.82, 2.24) is 10.2 Å². The normalized spacial score (nSPS) is 21.3. The molecule has 1 heterocycles. The van der Waals surface area contributed by atoms with Gasteiger partial charge in [-0.05, 0) is 24.5 Å². The number of hydrogen-bond acceptors (Lipinski definition) is 2. The summed E-state index contributed by atoms with van der Waals surface area (Å²) in [6.07, 6.45) is 3.62. The van der Waals surface area contributed by atoms with Crippen molar-refractivity contribution < 1.29 is 4.39 Å². The topological polar surface area (TPSA) is 15.3 Å². The fourth-order valence-electron chi connectivity index (χ4n) is 2.94. The van der Waals surface area contributed by atoms with Gasteiger partial charge in [0.05, 0.1) is 0 Å². The van der Waals surface area contributed by atoms with E-state index in [1.807, 2.05) is 6.07 Å². The third-order valence-corrected chi connectivity index (χ3v) is 4.51. The van der Waals surface area contributed by atoms with Crippen molar-refractivity contribution in [2.45, 2.75) is 25.3 Å². The molecule has 0 unspecified atom stereocenters. The average Bonchev–Trinajstić information content (AvgIpc) is 3.22. The first-order valence-corrected chi connectivity index (χ1v) is 7.52. The van der Waals surface area contributed by atoms with Crippen LogP contribution in [0.3, 0.4) is 0 Å². The van der Waals surface area contributed by atoms with Crippen LogP contribution in [0.15, 0.2) is 18.2 Å². The Kier molecular flexibility index (Phi) is 5.67. The van der Waals surface area contributed by atoms with Gasteiger partial charge in [0, 0.05) is 42.8 Å². The van der Waals surface area contributed by atoms with Gasteiger partial charge < -0.3 is 5.32 Å². The van der Waals surface area contributed by atoms with Crippen molar-refractivity contribution in [2.24, 2.45) is 5.92 Å². The number of hydrogen-bond donors (Lipinski definition) is 1. The van der Waals surface area contributed by atoms with Gasteiger partial charge in [-0.1, -0.05) is 30.5 Å². The second-order valence-corrected chi connectivity index (χ2v) is 6.02. The van der Waals surface area contributed by atoms with Gasteiger partial charge in [-0.3, -0.25) is 4.90 Å². The lowest BCUT2D eigenvalue weighted by atomic mass is 9.98. The summed E-state index contributed by atoms with van der Waals surface area (Å²) < 4.78 is 14.2. The minimum atomic E-state index is -0.156. The molecule has 20 heavy (non-hydrogen) atoms. The molecule has 1 aliphatic carbocycles. The van der Waals surface area contributed by atoms with E-state index < -0.39 is 0 Å². The molecule has 0 bridgehead atoms. The number of benzene rings is 1. The van der Waals surface area contributed by atoms with Crippen LogP contribution in [-0.4, -0.2) is 31.1 Å². The first kappa shape index (κ1) is 16.0. The molecule has 2 aliphatic rings. The Balaban J connectivity index is 0.00000147. The maximum atomic E-state index is 14.2. The van der Waals surface area contributed by atoms with Crippen molar-refractivity contribution in [1.29, 1.82) is 0 Å². The van der Waals surface area contributed by atoms with Gasteiger partial charge in [0.1, 0.15) is 5.82 Å². The summed E-state index contributed by atoms with van der Waals surface area (Å²) in [5.74, 6) is 0.604. The molecule has 0 amide bonds. The van der Waals surface area contributed by atoms with E-state index in [4.69, 9.17) is 11.6 Å². The largest absolute Gasteiger partial charge is 0.314 e. The first-order chi connectivity index (χ1) is 9.25. The molecule has 2 nitrogen and oxygen atoms in total. The van der Waals surface area contributed by atoms with Crippen LogP contribution in [0, 0.1) is 11.7 Å². The molecule has 1 aromatic carbocycles. The lowest BCUT2D eigenvalue weighted by molar-refractivity contribution is 0.157. The van der Waals surface area contributed by atoms with Gasteiger partial charge in [0.2, 0.25) is 0 Å². The summed E-state index contributed by atoms with van der Waals surface area (Å²) in [7, 11) is 0. The van der Waals surface area contributed by atoms with Crippen LogP contribution >= 0.6 is 24.0 Å². The van der Waals surface area contributed by atoms with Crippen LogP contribution in [0.2, 0.25) is 5.02 Å². The molecule has 1 atom stereocenters. The predicted octanol–water partition coefficient (Wildman–Crippen LogP) is 3.65. The Labute approximate surface area is 131 Å². The number of piperazine rings is 1. The smallest absolute Gasteiger partial charge is 0.129 e. The molecule has 1 saturated heterocycles. The number of rotatable bonds is 4. The Morgan fingerprint density at radius 3 is 2.60 bits per heavy atom. The zero-order valence-corrected chi connectivity index (χ0v) is 13.0. The highest BCUT2D eigenvalue weighted by Crippen LogP contribution is 2.42. The lowest BCUT2D eigenvalue weighted by Crippen LogP contribution is -2.45. The van der Waals surface area contributed by atoms with Gasteiger partial charge in [-0.2, -0.15) is 0 Å². The molecule has 2 fully saturated rings.